The van der Waals surface area contributed by atoms with Crippen molar-refractivity contribution < 1.29 is 14.3 Å². The van der Waals surface area contributed by atoms with E-state index in [-0.39, 0.29) is 11.8 Å². The number of para-hydroxylation sites is 1. The normalized spacial score (nSPS) is 16.4. The van der Waals surface area contributed by atoms with Gasteiger partial charge < -0.3 is 19.9 Å². The average molecular weight is 393 g/mol. The number of ether oxygens (including phenoxy) is 1. The van der Waals surface area contributed by atoms with E-state index in [0.29, 0.717) is 18.0 Å². The number of piperazine rings is 1. The van der Waals surface area contributed by atoms with E-state index >= 15 is 0 Å². The van der Waals surface area contributed by atoms with E-state index in [9.17, 15) is 9.59 Å². The second-order valence-corrected chi connectivity index (χ2v) is 7.63. The molecular weight excluding hydrogens is 366 g/mol. The molecule has 1 heterocycles. The highest BCUT2D eigenvalue weighted by Gasteiger charge is 2.34. The van der Waals surface area contributed by atoms with Gasteiger partial charge >= 0.3 is 0 Å². The zero-order valence-electron chi connectivity index (χ0n) is 16.8. The molecule has 29 heavy (non-hydrogen) atoms. The summed E-state index contributed by atoms with van der Waals surface area (Å²) in [6.07, 6.45) is 2.11. The molecule has 2 aromatic carbocycles. The Balaban J connectivity index is 1.30. The van der Waals surface area contributed by atoms with E-state index in [4.69, 9.17) is 4.74 Å². The number of nitrogens with zero attached hydrogens (tertiary/aromatic N) is 2. The molecule has 1 aliphatic heterocycles. The van der Waals surface area contributed by atoms with Crippen molar-refractivity contribution >= 4 is 17.5 Å². The number of anilines is 1. The van der Waals surface area contributed by atoms with E-state index in [2.05, 4.69) is 10.2 Å². The molecule has 2 aliphatic rings. The molecule has 0 bridgehead atoms. The molecule has 2 aromatic rings. The first-order valence-corrected chi connectivity index (χ1v) is 10.2. The van der Waals surface area contributed by atoms with Crippen LogP contribution in [-0.4, -0.2) is 50.0 Å². The number of rotatable bonds is 6. The number of amides is 2. The Hall–Kier alpha value is -3.02. The largest absolute Gasteiger partial charge is 0.496 e. The van der Waals surface area contributed by atoms with Gasteiger partial charge in [-0.25, -0.2) is 0 Å². The first-order valence-electron chi connectivity index (χ1n) is 10.2. The van der Waals surface area contributed by atoms with Crippen LogP contribution >= 0.6 is 0 Å². The van der Waals surface area contributed by atoms with E-state index < -0.39 is 0 Å². The zero-order valence-corrected chi connectivity index (χ0v) is 16.8. The maximum absolute atomic E-state index is 12.5. The number of nitrogens with one attached hydrogen (secondary N) is 1. The first-order chi connectivity index (χ1) is 14.2. The van der Waals surface area contributed by atoms with Crippen LogP contribution in [0.5, 0.6) is 5.75 Å². The van der Waals surface area contributed by atoms with Crippen LogP contribution < -0.4 is 15.0 Å². The van der Waals surface area contributed by atoms with Crippen LogP contribution in [-0.2, 0) is 11.3 Å². The molecule has 0 spiro atoms. The topological polar surface area (TPSA) is 61.9 Å². The van der Waals surface area contributed by atoms with Crippen molar-refractivity contribution in [3.63, 3.8) is 0 Å². The van der Waals surface area contributed by atoms with Gasteiger partial charge in [-0.3, -0.25) is 9.59 Å². The van der Waals surface area contributed by atoms with E-state index in [1.54, 1.807) is 7.11 Å². The molecule has 2 amide bonds. The molecular formula is C23H27N3O3. The molecule has 4 rings (SSSR count). The minimum atomic E-state index is -0.109. The molecule has 0 radical (unpaired) electrons. The van der Waals surface area contributed by atoms with Gasteiger partial charge in [-0.1, -0.05) is 18.2 Å². The van der Waals surface area contributed by atoms with Crippen molar-refractivity contribution in [3.05, 3.63) is 59.7 Å². The number of methoxy groups -OCH3 is 1. The summed E-state index contributed by atoms with van der Waals surface area (Å²) in [7, 11) is 1.63. The Morgan fingerprint density at radius 3 is 2.34 bits per heavy atom. The van der Waals surface area contributed by atoms with Gasteiger partial charge in [0.25, 0.3) is 5.91 Å². The smallest absolute Gasteiger partial charge is 0.251 e. The highest BCUT2D eigenvalue weighted by Crippen LogP contribution is 2.31. The Kier molecular flexibility index (Phi) is 5.69. The lowest BCUT2D eigenvalue weighted by atomic mass is 10.1. The lowest BCUT2D eigenvalue weighted by Crippen LogP contribution is -2.49. The molecule has 1 saturated carbocycles. The Morgan fingerprint density at radius 1 is 1.00 bits per heavy atom. The summed E-state index contributed by atoms with van der Waals surface area (Å²) in [6.45, 7) is 3.63. The van der Waals surface area contributed by atoms with Gasteiger partial charge in [0.05, 0.1) is 7.11 Å². The maximum atomic E-state index is 12.5. The molecule has 1 aliphatic carbocycles. The summed E-state index contributed by atoms with van der Waals surface area (Å²) < 4.78 is 5.32. The number of benzene rings is 2. The van der Waals surface area contributed by atoms with Crippen LogP contribution in [0.2, 0.25) is 0 Å². The van der Waals surface area contributed by atoms with Crippen molar-refractivity contribution in [2.75, 3.05) is 38.2 Å². The van der Waals surface area contributed by atoms with Crippen LogP contribution in [0.1, 0.15) is 28.8 Å². The maximum Gasteiger partial charge on any atom is 0.251 e. The van der Waals surface area contributed by atoms with Crippen molar-refractivity contribution in [2.24, 2.45) is 5.92 Å². The van der Waals surface area contributed by atoms with Gasteiger partial charge in [0, 0.05) is 55.5 Å². The standard InChI is InChI=1S/C23H27N3O3/c1-29-21-5-3-2-4-19(21)16-24-22(27)17-8-10-20(11-9-17)25-12-14-26(15-13-25)23(28)18-6-7-18/h2-5,8-11,18H,6-7,12-16H2,1H3,(H,24,27). The van der Waals surface area contributed by atoms with Gasteiger partial charge in [-0.2, -0.15) is 0 Å². The van der Waals surface area contributed by atoms with Gasteiger partial charge in [-0.05, 0) is 43.2 Å². The van der Waals surface area contributed by atoms with Crippen LogP contribution in [0.3, 0.4) is 0 Å². The molecule has 6 nitrogen and oxygen atoms in total. The van der Waals surface area contributed by atoms with Crippen molar-refractivity contribution in [1.29, 1.82) is 0 Å². The summed E-state index contributed by atoms with van der Waals surface area (Å²) in [5.41, 5.74) is 2.66. The van der Waals surface area contributed by atoms with Crippen LogP contribution in [0, 0.1) is 5.92 Å². The van der Waals surface area contributed by atoms with E-state index in [1.165, 1.54) is 0 Å². The average Bonchev–Trinajstić information content (AvgIpc) is 3.63. The summed E-state index contributed by atoms with van der Waals surface area (Å²) in [5.74, 6) is 1.27. The highest BCUT2D eigenvalue weighted by molar-refractivity contribution is 5.94. The van der Waals surface area contributed by atoms with Gasteiger partial charge in [0.1, 0.15) is 5.75 Å². The minimum Gasteiger partial charge on any atom is -0.496 e. The second kappa shape index (κ2) is 8.55. The minimum absolute atomic E-state index is 0.109. The Bertz CT molecular complexity index is 869. The molecule has 1 saturated heterocycles. The third-order valence-corrected chi connectivity index (χ3v) is 5.64. The third-order valence-electron chi connectivity index (χ3n) is 5.64. The van der Waals surface area contributed by atoms with Crippen LogP contribution in [0.15, 0.2) is 48.5 Å². The van der Waals surface area contributed by atoms with Crippen LogP contribution in [0.25, 0.3) is 0 Å². The lowest BCUT2D eigenvalue weighted by molar-refractivity contribution is -0.132. The first kappa shape index (κ1) is 19.3. The quantitative estimate of drug-likeness (QED) is 0.820. The number of carbonyl (C=O) groups excluding carboxylic acids is 2. The molecule has 1 N–H and O–H groups in total. The molecule has 0 aromatic heterocycles. The monoisotopic (exact) mass is 393 g/mol. The second-order valence-electron chi connectivity index (χ2n) is 7.63. The Labute approximate surface area is 171 Å². The summed E-state index contributed by atoms with van der Waals surface area (Å²) >= 11 is 0. The predicted octanol–water partition coefficient (Wildman–Crippen LogP) is 2.68. The van der Waals surface area contributed by atoms with E-state index in [1.807, 2.05) is 53.4 Å². The number of hydrogen-bond acceptors (Lipinski definition) is 4. The molecule has 0 atom stereocenters. The Morgan fingerprint density at radius 2 is 1.69 bits per heavy atom. The van der Waals surface area contributed by atoms with Crippen molar-refractivity contribution in [3.8, 4) is 5.75 Å². The predicted molar refractivity (Wildman–Crippen MR) is 112 cm³/mol. The fourth-order valence-electron chi connectivity index (χ4n) is 3.72. The summed E-state index contributed by atoms with van der Waals surface area (Å²) in [4.78, 5) is 28.9. The van der Waals surface area contributed by atoms with Gasteiger partial charge in [-0.15, -0.1) is 0 Å². The van der Waals surface area contributed by atoms with Crippen molar-refractivity contribution in [1.82, 2.24) is 10.2 Å². The highest BCUT2D eigenvalue weighted by atomic mass is 16.5. The fourth-order valence-corrected chi connectivity index (χ4v) is 3.72. The lowest BCUT2D eigenvalue weighted by Gasteiger charge is -2.36. The summed E-state index contributed by atoms with van der Waals surface area (Å²) in [5, 5.41) is 2.95. The molecule has 2 fully saturated rings. The summed E-state index contributed by atoms with van der Waals surface area (Å²) in [6, 6.07) is 15.3. The van der Waals surface area contributed by atoms with E-state index in [0.717, 1.165) is 56.0 Å². The van der Waals surface area contributed by atoms with Crippen molar-refractivity contribution in [2.45, 2.75) is 19.4 Å². The zero-order chi connectivity index (χ0) is 20.2. The number of hydrogen-bond donors (Lipinski definition) is 1. The SMILES string of the molecule is COc1ccccc1CNC(=O)c1ccc(N2CCN(C(=O)C3CC3)CC2)cc1. The molecule has 0 unspecified atom stereocenters. The van der Waals surface area contributed by atoms with Gasteiger partial charge in [0.15, 0.2) is 0 Å². The molecule has 6 heteroatoms. The van der Waals surface area contributed by atoms with Crippen LogP contribution in [0.4, 0.5) is 5.69 Å². The molecule has 152 valence electrons. The van der Waals surface area contributed by atoms with Gasteiger partial charge in [0.2, 0.25) is 5.91 Å². The fraction of sp³-hybridized carbons (Fsp3) is 0.391. The number of carbonyl (C=O) groups is 2. The third kappa shape index (κ3) is 4.53.